The molecule has 0 unspecified atom stereocenters. The van der Waals surface area contributed by atoms with Gasteiger partial charge in [-0.3, -0.25) is 0 Å². The highest BCUT2D eigenvalue weighted by atomic mass is 32.2. The Morgan fingerprint density at radius 1 is 0.806 bits per heavy atom. The van der Waals surface area contributed by atoms with Crippen molar-refractivity contribution in [1.82, 2.24) is 0 Å². The highest BCUT2D eigenvalue weighted by molar-refractivity contribution is 7.99. The van der Waals surface area contributed by atoms with Crippen LogP contribution in [0.1, 0.15) is 40.7 Å². The molecular formula is C29H24OS. The molecule has 0 saturated carbocycles. The van der Waals surface area contributed by atoms with Crippen molar-refractivity contribution in [2.24, 2.45) is 0 Å². The van der Waals surface area contributed by atoms with Gasteiger partial charge in [0.2, 0.25) is 0 Å². The maximum Gasteiger partial charge on any atom is 0.119 e. The number of aryl methyl sites for hydroxylation is 2. The fourth-order valence-electron chi connectivity index (χ4n) is 5.16. The molecule has 0 N–H and O–H groups in total. The van der Waals surface area contributed by atoms with Crippen molar-refractivity contribution in [3.05, 3.63) is 101 Å². The van der Waals surface area contributed by atoms with Crippen LogP contribution < -0.4 is 4.74 Å². The van der Waals surface area contributed by atoms with Crippen molar-refractivity contribution in [3.8, 4) is 5.75 Å². The van der Waals surface area contributed by atoms with E-state index in [0.717, 1.165) is 18.6 Å². The molecule has 0 spiro atoms. The van der Waals surface area contributed by atoms with Gasteiger partial charge in [0, 0.05) is 15.4 Å². The van der Waals surface area contributed by atoms with E-state index in [-0.39, 0.29) is 0 Å². The smallest absolute Gasteiger partial charge is 0.119 e. The first-order valence-corrected chi connectivity index (χ1v) is 11.8. The fourth-order valence-corrected chi connectivity index (χ4v) is 6.23. The zero-order chi connectivity index (χ0) is 20.9. The van der Waals surface area contributed by atoms with Gasteiger partial charge in [-0.05, 0) is 89.1 Å². The van der Waals surface area contributed by atoms with Crippen molar-refractivity contribution in [2.45, 2.75) is 36.0 Å². The van der Waals surface area contributed by atoms with Gasteiger partial charge in [-0.1, -0.05) is 65.9 Å². The third-order valence-electron chi connectivity index (χ3n) is 6.57. The van der Waals surface area contributed by atoms with Gasteiger partial charge in [0.25, 0.3) is 0 Å². The van der Waals surface area contributed by atoms with E-state index in [2.05, 4.69) is 79.7 Å². The Balaban J connectivity index is 1.73. The number of hydrogen-bond acceptors (Lipinski definition) is 2. The SMILES string of the molecule is COc1ccc2c(c1)/C(=C1\CCCc3ccc4cc(C)ccc4c31)c1ccccc1S2. The van der Waals surface area contributed by atoms with Crippen molar-refractivity contribution < 1.29 is 4.74 Å². The molecule has 0 saturated heterocycles. The van der Waals surface area contributed by atoms with Crippen molar-refractivity contribution in [2.75, 3.05) is 7.11 Å². The third-order valence-corrected chi connectivity index (χ3v) is 7.72. The molecule has 4 aromatic rings. The number of hydrogen-bond donors (Lipinski definition) is 0. The summed E-state index contributed by atoms with van der Waals surface area (Å²) in [4.78, 5) is 2.65. The molecule has 0 radical (unpaired) electrons. The van der Waals surface area contributed by atoms with Crippen LogP contribution in [-0.4, -0.2) is 7.11 Å². The molecule has 1 aliphatic carbocycles. The summed E-state index contributed by atoms with van der Waals surface area (Å²) >= 11 is 1.87. The second kappa shape index (κ2) is 7.32. The minimum atomic E-state index is 0.918. The molecule has 2 heteroatoms. The molecule has 6 rings (SSSR count). The first-order valence-electron chi connectivity index (χ1n) is 10.9. The van der Waals surface area contributed by atoms with Crippen LogP contribution in [-0.2, 0) is 6.42 Å². The Kier molecular flexibility index (Phi) is 4.43. The van der Waals surface area contributed by atoms with Crippen molar-refractivity contribution >= 4 is 33.7 Å². The zero-order valence-electron chi connectivity index (χ0n) is 17.9. The molecule has 0 fully saturated rings. The molecule has 1 aliphatic heterocycles. The largest absolute Gasteiger partial charge is 0.497 e. The minimum Gasteiger partial charge on any atom is -0.497 e. The van der Waals surface area contributed by atoms with Gasteiger partial charge in [-0.15, -0.1) is 0 Å². The highest BCUT2D eigenvalue weighted by Gasteiger charge is 2.28. The Labute approximate surface area is 187 Å². The van der Waals surface area contributed by atoms with Crippen LogP contribution in [0.15, 0.2) is 82.6 Å². The van der Waals surface area contributed by atoms with E-state index in [4.69, 9.17) is 4.74 Å². The average Bonchev–Trinajstić information content (AvgIpc) is 2.81. The lowest BCUT2D eigenvalue weighted by Crippen LogP contribution is -2.08. The topological polar surface area (TPSA) is 9.23 Å². The molecule has 1 heterocycles. The molecule has 4 aromatic carbocycles. The van der Waals surface area contributed by atoms with Crippen LogP contribution in [0.4, 0.5) is 0 Å². The molecule has 1 nitrogen and oxygen atoms in total. The van der Waals surface area contributed by atoms with Gasteiger partial charge >= 0.3 is 0 Å². The summed E-state index contributed by atoms with van der Waals surface area (Å²) in [5.41, 5.74) is 9.76. The van der Waals surface area contributed by atoms with Gasteiger partial charge in [0.05, 0.1) is 7.11 Å². The summed E-state index contributed by atoms with van der Waals surface area (Å²) in [5.74, 6) is 0.918. The predicted octanol–water partition coefficient (Wildman–Crippen LogP) is 7.92. The molecule has 152 valence electrons. The van der Waals surface area contributed by atoms with Gasteiger partial charge in [0.1, 0.15) is 5.75 Å². The Morgan fingerprint density at radius 3 is 2.58 bits per heavy atom. The molecule has 31 heavy (non-hydrogen) atoms. The van der Waals surface area contributed by atoms with Crippen LogP contribution in [0.3, 0.4) is 0 Å². The second-order valence-electron chi connectivity index (χ2n) is 8.49. The number of methoxy groups -OCH3 is 1. The number of allylic oxidation sites excluding steroid dienone is 1. The lowest BCUT2D eigenvalue weighted by molar-refractivity contribution is 0.414. The van der Waals surface area contributed by atoms with Crippen LogP contribution in [0, 0.1) is 6.92 Å². The molecule has 0 atom stereocenters. The van der Waals surface area contributed by atoms with Gasteiger partial charge in [-0.2, -0.15) is 0 Å². The van der Waals surface area contributed by atoms with Crippen LogP contribution in [0.5, 0.6) is 5.75 Å². The Bertz CT molecular complexity index is 1380. The number of fused-ring (bicyclic) bond motifs is 5. The van der Waals surface area contributed by atoms with Crippen molar-refractivity contribution in [3.63, 3.8) is 0 Å². The number of benzene rings is 4. The summed E-state index contributed by atoms with van der Waals surface area (Å²) in [5, 5.41) is 2.72. The highest BCUT2D eigenvalue weighted by Crippen LogP contribution is 2.51. The summed E-state index contributed by atoms with van der Waals surface area (Å²) < 4.78 is 5.62. The summed E-state index contributed by atoms with van der Waals surface area (Å²) in [6.45, 7) is 2.18. The Hall–Kier alpha value is -2.97. The molecule has 2 aliphatic rings. The molecule has 0 aromatic heterocycles. The standard InChI is InChI=1S/C29H24OS/c1-18-10-14-22-20(16-18)12-11-19-6-5-8-24(28(19)22)29-23-7-3-4-9-26(23)31-27-15-13-21(30-2)17-25(27)29/h3-4,7,9-17H,5-6,8H2,1-2H3/b29-24+. The average molecular weight is 421 g/mol. The lowest BCUT2D eigenvalue weighted by Gasteiger charge is -2.29. The molecular weight excluding hydrogens is 396 g/mol. The van der Waals surface area contributed by atoms with E-state index in [0.29, 0.717) is 0 Å². The van der Waals surface area contributed by atoms with Gasteiger partial charge in [0.15, 0.2) is 0 Å². The van der Waals surface area contributed by atoms with E-state index < -0.39 is 0 Å². The third kappa shape index (κ3) is 3.01. The van der Waals surface area contributed by atoms with E-state index in [1.807, 2.05) is 11.8 Å². The van der Waals surface area contributed by atoms with Crippen LogP contribution in [0.25, 0.3) is 21.9 Å². The number of ether oxygens (including phenoxy) is 1. The van der Waals surface area contributed by atoms with Crippen LogP contribution in [0.2, 0.25) is 0 Å². The Morgan fingerprint density at radius 2 is 1.68 bits per heavy atom. The minimum absolute atomic E-state index is 0.918. The first kappa shape index (κ1) is 18.8. The monoisotopic (exact) mass is 420 g/mol. The quantitative estimate of drug-likeness (QED) is 0.272. The van der Waals surface area contributed by atoms with Crippen LogP contribution >= 0.6 is 11.8 Å². The predicted molar refractivity (Wildman–Crippen MR) is 131 cm³/mol. The van der Waals surface area contributed by atoms with Crippen molar-refractivity contribution in [1.29, 1.82) is 0 Å². The van der Waals surface area contributed by atoms with E-state index in [1.165, 1.54) is 65.9 Å². The molecule has 0 amide bonds. The van der Waals surface area contributed by atoms with E-state index in [1.54, 1.807) is 7.11 Å². The summed E-state index contributed by atoms with van der Waals surface area (Å²) in [6, 6.07) is 26.9. The van der Waals surface area contributed by atoms with E-state index in [9.17, 15) is 0 Å². The normalized spacial score (nSPS) is 17.1. The maximum atomic E-state index is 5.62. The van der Waals surface area contributed by atoms with Gasteiger partial charge in [-0.25, -0.2) is 0 Å². The zero-order valence-corrected chi connectivity index (χ0v) is 18.7. The lowest BCUT2D eigenvalue weighted by atomic mass is 9.78. The van der Waals surface area contributed by atoms with Gasteiger partial charge < -0.3 is 4.74 Å². The second-order valence-corrected chi connectivity index (χ2v) is 9.58. The summed E-state index contributed by atoms with van der Waals surface area (Å²) in [7, 11) is 1.75. The van der Waals surface area contributed by atoms with E-state index >= 15 is 0 Å². The summed E-state index contributed by atoms with van der Waals surface area (Å²) in [6.07, 6.45) is 3.44. The number of rotatable bonds is 1. The maximum absolute atomic E-state index is 5.62. The molecule has 0 bridgehead atoms. The first-order chi connectivity index (χ1) is 15.2. The fraction of sp³-hybridized carbons (Fsp3) is 0.172.